The maximum absolute atomic E-state index is 11.9. The number of ether oxygens (including phenoxy) is 1. The maximum Gasteiger partial charge on any atom is 0.340 e. The van der Waals surface area contributed by atoms with Gasteiger partial charge in [-0.2, -0.15) is 0 Å². The first-order valence-corrected chi connectivity index (χ1v) is 10.5. The van der Waals surface area contributed by atoms with Gasteiger partial charge in [-0.05, 0) is 30.8 Å². The van der Waals surface area contributed by atoms with Crippen molar-refractivity contribution in [3.63, 3.8) is 0 Å². The predicted octanol–water partition coefficient (Wildman–Crippen LogP) is 3.87. The summed E-state index contributed by atoms with van der Waals surface area (Å²) in [5, 5.41) is 4.65. The molecule has 1 N–H and O–H groups in total. The lowest BCUT2D eigenvalue weighted by molar-refractivity contribution is 0.0602. The fraction of sp³-hybridized carbons (Fsp3) is 0.333. The van der Waals surface area contributed by atoms with Crippen LogP contribution in [0, 0.1) is 6.92 Å². The minimum atomic E-state index is -0.343. The van der Waals surface area contributed by atoms with Gasteiger partial charge in [-0.1, -0.05) is 42.5 Å². The summed E-state index contributed by atoms with van der Waals surface area (Å²) in [6.45, 7) is 6.53. The second-order valence-corrected chi connectivity index (χ2v) is 8.27. The number of carbonyl (C=O) groups excluding carboxylic acids is 1. The highest BCUT2D eigenvalue weighted by Gasteiger charge is 2.21. The molecular formula is C21H25N3O2S2. The molecule has 1 aliphatic heterocycles. The van der Waals surface area contributed by atoms with E-state index in [1.807, 2.05) is 31.2 Å². The number of hydrogen-bond acceptors (Lipinski definition) is 5. The van der Waals surface area contributed by atoms with E-state index < -0.39 is 0 Å². The van der Waals surface area contributed by atoms with Crippen LogP contribution in [-0.2, 0) is 4.74 Å². The number of nitrogens with zero attached hydrogens (tertiary/aromatic N) is 2. The first kappa shape index (κ1) is 20.5. The second-order valence-electron chi connectivity index (χ2n) is 6.62. The molecule has 0 saturated carbocycles. The van der Waals surface area contributed by atoms with Gasteiger partial charge in [0.15, 0.2) is 5.11 Å². The zero-order valence-electron chi connectivity index (χ0n) is 16.2. The Balaban J connectivity index is 1.49. The number of rotatable bonds is 5. The second kappa shape index (κ2) is 9.82. The molecule has 3 rings (SSSR count). The molecule has 0 radical (unpaired) electrons. The molecule has 1 aromatic heterocycles. The molecule has 5 nitrogen and oxygen atoms in total. The van der Waals surface area contributed by atoms with E-state index >= 15 is 0 Å². The molecule has 1 aliphatic rings. The lowest BCUT2D eigenvalue weighted by atomic mass is 10.2. The summed E-state index contributed by atoms with van der Waals surface area (Å²) < 4.78 is 4.86. The predicted molar refractivity (Wildman–Crippen MR) is 120 cm³/mol. The fourth-order valence-corrected chi connectivity index (χ4v) is 4.33. The smallest absolute Gasteiger partial charge is 0.340 e. The highest BCUT2D eigenvalue weighted by Crippen LogP contribution is 2.28. The van der Waals surface area contributed by atoms with Crippen molar-refractivity contribution in [3.05, 3.63) is 58.5 Å². The monoisotopic (exact) mass is 415 g/mol. The van der Waals surface area contributed by atoms with Gasteiger partial charge in [-0.3, -0.25) is 4.90 Å². The van der Waals surface area contributed by atoms with Crippen LogP contribution < -0.4 is 5.32 Å². The fourth-order valence-electron chi connectivity index (χ4n) is 3.08. The molecule has 0 aliphatic carbocycles. The maximum atomic E-state index is 11.9. The number of anilines is 1. The number of nitrogens with one attached hydrogen (secondary N) is 1. The molecule has 28 heavy (non-hydrogen) atoms. The summed E-state index contributed by atoms with van der Waals surface area (Å²) in [6, 6.07) is 12.2. The van der Waals surface area contributed by atoms with E-state index in [-0.39, 0.29) is 5.97 Å². The van der Waals surface area contributed by atoms with Gasteiger partial charge in [0, 0.05) is 37.6 Å². The van der Waals surface area contributed by atoms with Crippen LogP contribution in [-0.4, -0.2) is 60.7 Å². The van der Waals surface area contributed by atoms with Crippen molar-refractivity contribution in [1.29, 1.82) is 0 Å². The molecule has 2 aromatic rings. The van der Waals surface area contributed by atoms with Gasteiger partial charge < -0.3 is 15.0 Å². The van der Waals surface area contributed by atoms with Crippen LogP contribution in [0.15, 0.2) is 42.5 Å². The molecule has 148 valence electrons. The normalized spacial score (nSPS) is 15.0. The van der Waals surface area contributed by atoms with E-state index in [9.17, 15) is 4.79 Å². The summed E-state index contributed by atoms with van der Waals surface area (Å²) in [4.78, 5) is 17.5. The Hall–Kier alpha value is -2.22. The van der Waals surface area contributed by atoms with Crippen molar-refractivity contribution in [2.45, 2.75) is 6.92 Å². The largest absolute Gasteiger partial charge is 0.465 e. The topological polar surface area (TPSA) is 44.8 Å². The Morgan fingerprint density at radius 1 is 1.25 bits per heavy atom. The minimum absolute atomic E-state index is 0.343. The van der Waals surface area contributed by atoms with E-state index in [4.69, 9.17) is 17.0 Å². The van der Waals surface area contributed by atoms with E-state index in [1.165, 1.54) is 24.0 Å². The third kappa shape index (κ3) is 5.41. The van der Waals surface area contributed by atoms with Crippen LogP contribution in [0.5, 0.6) is 0 Å². The van der Waals surface area contributed by atoms with Crippen LogP contribution in [0.2, 0.25) is 0 Å². The number of esters is 1. The van der Waals surface area contributed by atoms with Crippen LogP contribution in [0.3, 0.4) is 0 Å². The highest BCUT2D eigenvalue weighted by atomic mass is 32.1. The number of hydrogen-bond donors (Lipinski definition) is 1. The number of piperazine rings is 1. The van der Waals surface area contributed by atoms with Crippen molar-refractivity contribution in [2.24, 2.45) is 0 Å². The third-order valence-corrected chi connectivity index (χ3v) is 5.94. The summed E-state index contributed by atoms with van der Waals surface area (Å²) in [6.07, 6.45) is 4.37. The van der Waals surface area contributed by atoms with E-state index in [1.54, 1.807) is 0 Å². The molecule has 2 heterocycles. The first-order chi connectivity index (χ1) is 13.6. The molecule has 0 spiro atoms. The van der Waals surface area contributed by atoms with Gasteiger partial charge in [0.05, 0.1) is 12.7 Å². The molecule has 1 fully saturated rings. The van der Waals surface area contributed by atoms with E-state index in [2.05, 4.69) is 39.4 Å². The molecule has 7 heteroatoms. The third-order valence-electron chi connectivity index (χ3n) is 4.61. The van der Waals surface area contributed by atoms with Gasteiger partial charge in [0.1, 0.15) is 5.00 Å². The van der Waals surface area contributed by atoms with Gasteiger partial charge >= 0.3 is 5.97 Å². The van der Waals surface area contributed by atoms with Gasteiger partial charge in [-0.25, -0.2) is 4.79 Å². The molecule has 0 unspecified atom stereocenters. The van der Waals surface area contributed by atoms with Crippen molar-refractivity contribution >= 4 is 45.7 Å². The Bertz CT molecular complexity index is 841. The summed E-state index contributed by atoms with van der Waals surface area (Å²) >= 11 is 7.09. The molecule has 1 aromatic carbocycles. The van der Waals surface area contributed by atoms with Crippen LogP contribution in [0.4, 0.5) is 5.00 Å². The Kier molecular flexibility index (Phi) is 7.19. The number of thiophene rings is 1. The SMILES string of the molecule is COC(=O)c1cc(C)sc1NC(=S)N1CCN(C/C=C/c2ccccc2)CC1. The number of carbonyl (C=O) groups is 1. The van der Waals surface area contributed by atoms with E-state index in [0.717, 1.165) is 42.6 Å². The Labute approximate surface area is 175 Å². The number of benzene rings is 1. The summed E-state index contributed by atoms with van der Waals surface area (Å²) in [5.74, 6) is -0.343. The van der Waals surface area contributed by atoms with Gasteiger partial charge in [0.2, 0.25) is 0 Å². The van der Waals surface area contributed by atoms with Crippen LogP contribution in [0.25, 0.3) is 6.08 Å². The van der Waals surface area contributed by atoms with E-state index in [0.29, 0.717) is 10.7 Å². The zero-order valence-corrected chi connectivity index (χ0v) is 17.8. The quantitative estimate of drug-likeness (QED) is 0.591. The van der Waals surface area contributed by atoms with Crippen molar-refractivity contribution in [2.75, 3.05) is 45.2 Å². The summed E-state index contributed by atoms with van der Waals surface area (Å²) in [7, 11) is 1.39. The van der Waals surface area contributed by atoms with Gasteiger partial charge in [-0.15, -0.1) is 11.3 Å². The minimum Gasteiger partial charge on any atom is -0.465 e. The molecule has 0 atom stereocenters. The standard InChI is InChI=1S/C21H25N3O2S2/c1-16-15-18(20(25)26-2)19(28-16)22-21(27)24-13-11-23(12-14-24)10-6-9-17-7-4-3-5-8-17/h3-9,15H,10-14H2,1-2H3,(H,22,27)/b9-6+. The van der Waals surface area contributed by atoms with Crippen LogP contribution in [0.1, 0.15) is 20.8 Å². The lowest BCUT2D eigenvalue weighted by Crippen LogP contribution is -2.49. The number of aryl methyl sites for hydroxylation is 1. The molecule has 1 saturated heterocycles. The average Bonchev–Trinajstić information content (AvgIpc) is 3.08. The number of thiocarbonyl (C=S) groups is 1. The summed E-state index contributed by atoms with van der Waals surface area (Å²) in [5.41, 5.74) is 1.76. The van der Waals surface area contributed by atoms with Crippen molar-refractivity contribution in [3.8, 4) is 0 Å². The molecule has 0 amide bonds. The first-order valence-electron chi connectivity index (χ1n) is 9.25. The Morgan fingerprint density at radius 3 is 2.64 bits per heavy atom. The van der Waals surface area contributed by atoms with Crippen molar-refractivity contribution in [1.82, 2.24) is 9.80 Å². The van der Waals surface area contributed by atoms with Gasteiger partial charge in [0.25, 0.3) is 0 Å². The van der Waals surface area contributed by atoms with Crippen molar-refractivity contribution < 1.29 is 9.53 Å². The molecular weight excluding hydrogens is 390 g/mol. The zero-order chi connectivity index (χ0) is 19.9. The molecule has 0 bridgehead atoms. The Morgan fingerprint density at radius 2 is 1.96 bits per heavy atom. The van der Waals surface area contributed by atoms with Crippen LogP contribution >= 0.6 is 23.6 Å². The average molecular weight is 416 g/mol. The number of methoxy groups -OCH3 is 1. The lowest BCUT2D eigenvalue weighted by Gasteiger charge is -2.35. The highest BCUT2D eigenvalue weighted by molar-refractivity contribution is 7.80.